The maximum absolute atomic E-state index is 12.3. The summed E-state index contributed by atoms with van der Waals surface area (Å²) in [6.45, 7) is 0.347. The van der Waals surface area contributed by atoms with E-state index in [0.717, 1.165) is 12.1 Å². The third-order valence-corrected chi connectivity index (χ3v) is 1.91. The molecule has 1 aromatic rings. The van der Waals surface area contributed by atoms with E-state index in [1.165, 1.54) is 12.1 Å². The molecule has 0 aliphatic carbocycles. The van der Waals surface area contributed by atoms with Gasteiger partial charge in [-0.15, -0.1) is 5.46 Å². The van der Waals surface area contributed by atoms with Crippen LogP contribution in [0.2, 0.25) is 0 Å². The summed E-state index contributed by atoms with van der Waals surface area (Å²) in [5, 5.41) is 0. The van der Waals surface area contributed by atoms with Crippen molar-refractivity contribution in [1.29, 1.82) is 0 Å². The zero-order valence-corrected chi connectivity index (χ0v) is 8.29. The van der Waals surface area contributed by atoms with E-state index in [0.29, 0.717) is 5.75 Å². The average molecular weight is 215 g/mol. The first-order valence-electron chi connectivity index (χ1n) is 4.52. The Kier molecular flexibility index (Phi) is 3.45. The van der Waals surface area contributed by atoms with Crippen LogP contribution in [-0.4, -0.2) is 13.1 Å². The number of halogens is 3. The molecule has 1 nitrogen and oxygen atoms in total. The molecule has 1 aromatic carbocycles. The highest BCUT2D eigenvalue weighted by atomic mass is 19.4. The lowest BCUT2D eigenvalue weighted by atomic mass is 9.80. The number of rotatable bonds is 4. The van der Waals surface area contributed by atoms with Crippen LogP contribution in [-0.2, 0) is 0 Å². The SMILES string of the molecule is C=CC(C)Oc1ccc([B-](F)(F)F)cc1. The monoisotopic (exact) mass is 215 g/mol. The summed E-state index contributed by atoms with van der Waals surface area (Å²) in [5.41, 5.74) is -0.617. The van der Waals surface area contributed by atoms with E-state index in [1.54, 1.807) is 13.0 Å². The summed E-state index contributed by atoms with van der Waals surface area (Å²) in [6, 6.07) is 4.66. The van der Waals surface area contributed by atoms with E-state index >= 15 is 0 Å². The van der Waals surface area contributed by atoms with E-state index in [-0.39, 0.29) is 6.10 Å². The molecule has 0 aliphatic heterocycles. The number of ether oxygens (including phenoxy) is 1. The fraction of sp³-hybridized carbons (Fsp3) is 0.200. The third kappa shape index (κ3) is 3.34. The Hall–Kier alpha value is -1.39. The summed E-state index contributed by atoms with van der Waals surface area (Å²) in [7, 11) is 0. The van der Waals surface area contributed by atoms with Crippen molar-refractivity contribution >= 4 is 12.4 Å². The molecule has 1 rings (SSSR count). The second-order valence-electron chi connectivity index (χ2n) is 3.20. The average Bonchev–Trinajstić information content (AvgIpc) is 2.17. The van der Waals surface area contributed by atoms with Crippen molar-refractivity contribution in [3.8, 4) is 5.75 Å². The first kappa shape index (κ1) is 11.7. The van der Waals surface area contributed by atoms with Crippen LogP contribution < -0.4 is 10.2 Å². The second-order valence-corrected chi connectivity index (χ2v) is 3.20. The molecule has 1 unspecified atom stereocenters. The van der Waals surface area contributed by atoms with Gasteiger partial charge in [-0.25, -0.2) is 0 Å². The smallest absolute Gasteiger partial charge is 0.487 e. The fourth-order valence-electron chi connectivity index (χ4n) is 1.03. The van der Waals surface area contributed by atoms with Crippen LogP contribution in [0.4, 0.5) is 12.9 Å². The highest BCUT2D eigenvalue weighted by Gasteiger charge is 2.24. The van der Waals surface area contributed by atoms with Gasteiger partial charge in [-0.05, 0) is 19.1 Å². The molecule has 82 valence electrons. The topological polar surface area (TPSA) is 9.23 Å². The summed E-state index contributed by atoms with van der Waals surface area (Å²) >= 11 is 0. The van der Waals surface area contributed by atoms with Crippen LogP contribution in [0.1, 0.15) is 6.92 Å². The van der Waals surface area contributed by atoms with Gasteiger partial charge >= 0.3 is 6.98 Å². The Morgan fingerprint density at radius 3 is 2.20 bits per heavy atom. The Balaban J connectivity index is 2.77. The van der Waals surface area contributed by atoms with E-state index in [4.69, 9.17) is 4.74 Å². The van der Waals surface area contributed by atoms with Gasteiger partial charge < -0.3 is 17.7 Å². The molecular weight excluding hydrogens is 204 g/mol. The minimum absolute atomic E-state index is 0.216. The molecule has 0 amide bonds. The van der Waals surface area contributed by atoms with Gasteiger partial charge in [0.1, 0.15) is 11.9 Å². The summed E-state index contributed by atoms with van der Waals surface area (Å²) in [4.78, 5) is 0. The van der Waals surface area contributed by atoms with E-state index in [9.17, 15) is 12.9 Å². The zero-order chi connectivity index (χ0) is 11.5. The molecule has 0 bridgehead atoms. The van der Waals surface area contributed by atoms with Crippen LogP contribution in [0.3, 0.4) is 0 Å². The Labute approximate surface area is 86.6 Å². The molecule has 0 saturated heterocycles. The van der Waals surface area contributed by atoms with E-state index < -0.39 is 12.4 Å². The minimum atomic E-state index is -4.92. The highest BCUT2D eigenvalue weighted by molar-refractivity contribution is 6.73. The van der Waals surface area contributed by atoms with Gasteiger partial charge in [-0.3, -0.25) is 0 Å². The van der Waals surface area contributed by atoms with Crippen LogP contribution in [0, 0.1) is 0 Å². The van der Waals surface area contributed by atoms with Crippen molar-refractivity contribution < 1.29 is 17.7 Å². The van der Waals surface area contributed by atoms with E-state index in [2.05, 4.69) is 6.58 Å². The predicted molar refractivity (Wildman–Crippen MR) is 55.4 cm³/mol. The molecule has 5 heteroatoms. The van der Waals surface area contributed by atoms with Crippen LogP contribution in [0.5, 0.6) is 5.75 Å². The van der Waals surface area contributed by atoms with Gasteiger partial charge in [0.25, 0.3) is 0 Å². The summed E-state index contributed by atoms with van der Waals surface area (Å²) in [5.74, 6) is 0.409. The zero-order valence-electron chi connectivity index (χ0n) is 8.29. The standard InChI is InChI=1S/C10H11BF3O/c1-3-8(2)15-10-6-4-9(5-7-10)11(12,13)14/h3-8H,1H2,2H3/q-1. The fourth-order valence-corrected chi connectivity index (χ4v) is 1.03. The van der Waals surface area contributed by atoms with Crippen molar-refractivity contribution in [1.82, 2.24) is 0 Å². The Morgan fingerprint density at radius 1 is 1.27 bits per heavy atom. The largest absolute Gasteiger partial charge is 0.509 e. The molecular formula is C10H11BF3O-. The molecule has 15 heavy (non-hydrogen) atoms. The van der Waals surface area contributed by atoms with E-state index in [1.807, 2.05) is 0 Å². The molecule has 0 aliphatic rings. The second kappa shape index (κ2) is 4.42. The lowest BCUT2D eigenvalue weighted by molar-refractivity contribution is 0.270. The minimum Gasteiger partial charge on any atom is -0.487 e. The lowest BCUT2D eigenvalue weighted by Gasteiger charge is -2.16. The van der Waals surface area contributed by atoms with Crippen LogP contribution in [0.15, 0.2) is 36.9 Å². The number of benzene rings is 1. The molecule has 0 N–H and O–H groups in total. The van der Waals surface area contributed by atoms with Gasteiger partial charge in [0.05, 0.1) is 0 Å². The quantitative estimate of drug-likeness (QED) is 0.554. The molecule has 0 spiro atoms. The van der Waals surface area contributed by atoms with Crippen molar-refractivity contribution in [2.45, 2.75) is 13.0 Å². The molecule has 0 saturated carbocycles. The van der Waals surface area contributed by atoms with Crippen LogP contribution in [0.25, 0.3) is 0 Å². The van der Waals surface area contributed by atoms with Crippen molar-refractivity contribution in [2.75, 3.05) is 0 Å². The van der Waals surface area contributed by atoms with Gasteiger partial charge in [0, 0.05) is 0 Å². The predicted octanol–water partition coefficient (Wildman–Crippen LogP) is 2.69. The van der Waals surface area contributed by atoms with Gasteiger partial charge in [0.15, 0.2) is 0 Å². The number of hydrogen-bond donors (Lipinski definition) is 0. The molecule has 0 aromatic heterocycles. The molecule has 0 heterocycles. The van der Waals surface area contributed by atoms with Crippen LogP contribution >= 0.6 is 0 Å². The molecule has 1 atom stereocenters. The third-order valence-electron chi connectivity index (χ3n) is 1.91. The highest BCUT2D eigenvalue weighted by Crippen LogP contribution is 2.14. The lowest BCUT2D eigenvalue weighted by Crippen LogP contribution is -2.33. The summed E-state index contributed by atoms with van der Waals surface area (Å²) in [6.07, 6.45) is 1.36. The summed E-state index contributed by atoms with van der Waals surface area (Å²) < 4.78 is 42.0. The van der Waals surface area contributed by atoms with Crippen molar-refractivity contribution in [3.05, 3.63) is 36.9 Å². The van der Waals surface area contributed by atoms with Crippen molar-refractivity contribution in [2.24, 2.45) is 0 Å². The first-order valence-corrected chi connectivity index (χ1v) is 4.52. The molecule has 0 radical (unpaired) electrons. The van der Waals surface area contributed by atoms with Gasteiger partial charge in [0.2, 0.25) is 0 Å². The molecule has 0 fully saturated rings. The maximum atomic E-state index is 12.3. The normalized spacial score (nSPS) is 13.3. The maximum Gasteiger partial charge on any atom is 0.509 e. The first-order chi connectivity index (χ1) is 6.93. The number of hydrogen-bond acceptors (Lipinski definition) is 1. The Morgan fingerprint density at radius 2 is 1.80 bits per heavy atom. The van der Waals surface area contributed by atoms with Gasteiger partial charge in [-0.2, -0.15) is 0 Å². The van der Waals surface area contributed by atoms with Gasteiger partial charge in [-0.1, -0.05) is 24.8 Å². The van der Waals surface area contributed by atoms with Crippen molar-refractivity contribution in [3.63, 3.8) is 0 Å². The Bertz CT molecular complexity index is 332.